The zero-order valence-electron chi connectivity index (χ0n) is 14.4. The minimum atomic E-state index is -0.292. The molecule has 0 aliphatic rings. The van der Waals surface area contributed by atoms with Gasteiger partial charge in [0.25, 0.3) is 0 Å². The summed E-state index contributed by atoms with van der Waals surface area (Å²) >= 11 is 0. The molecule has 0 heterocycles. The van der Waals surface area contributed by atoms with E-state index >= 15 is 0 Å². The van der Waals surface area contributed by atoms with E-state index in [1.54, 1.807) is 14.2 Å². The van der Waals surface area contributed by atoms with Crippen LogP contribution in [-0.2, 0) is 4.79 Å². The van der Waals surface area contributed by atoms with E-state index in [0.717, 1.165) is 23.5 Å². The molecule has 3 atom stereocenters. The molecule has 0 aromatic heterocycles. The van der Waals surface area contributed by atoms with E-state index in [-0.39, 0.29) is 24.0 Å². The van der Waals surface area contributed by atoms with E-state index in [2.05, 4.69) is 10.6 Å². The van der Waals surface area contributed by atoms with Gasteiger partial charge in [-0.3, -0.25) is 10.1 Å². The van der Waals surface area contributed by atoms with Gasteiger partial charge in [0, 0.05) is 17.6 Å². The molecule has 5 nitrogen and oxygen atoms in total. The number of ether oxygens (including phenoxy) is 2. The number of carbonyl (C=O) groups excluding carboxylic acids is 1. The van der Waals surface area contributed by atoms with Crippen molar-refractivity contribution in [3.05, 3.63) is 23.8 Å². The van der Waals surface area contributed by atoms with Gasteiger partial charge in [0.15, 0.2) is 0 Å². The third-order valence-corrected chi connectivity index (χ3v) is 3.80. The first-order chi connectivity index (χ1) is 10.4. The van der Waals surface area contributed by atoms with Crippen LogP contribution in [0.25, 0.3) is 0 Å². The molecule has 1 rings (SSSR count). The molecule has 1 aromatic carbocycles. The molecule has 0 fully saturated rings. The van der Waals surface area contributed by atoms with Gasteiger partial charge in [0.2, 0.25) is 5.91 Å². The summed E-state index contributed by atoms with van der Waals surface area (Å²) in [5.41, 5.74) is 0.963. The molecular weight excluding hydrogens is 280 g/mol. The Kier molecular flexibility index (Phi) is 7.18. The van der Waals surface area contributed by atoms with Crippen molar-refractivity contribution in [3.63, 3.8) is 0 Å². The number of nitrogens with one attached hydrogen (secondary N) is 2. The summed E-state index contributed by atoms with van der Waals surface area (Å²) < 4.78 is 10.7. The number of methoxy groups -OCH3 is 2. The van der Waals surface area contributed by atoms with Crippen LogP contribution in [0.15, 0.2) is 18.2 Å². The van der Waals surface area contributed by atoms with Crippen molar-refractivity contribution in [2.45, 2.75) is 52.2 Å². The summed E-state index contributed by atoms with van der Waals surface area (Å²) in [4.78, 5) is 12.1. The number of hydrogen-bond acceptors (Lipinski definition) is 4. The van der Waals surface area contributed by atoms with Gasteiger partial charge < -0.3 is 14.8 Å². The molecule has 5 heteroatoms. The topological polar surface area (TPSA) is 59.6 Å². The molecule has 124 valence electrons. The minimum absolute atomic E-state index is 0.00284. The van der Waals surface area contributed by atoms with Gasteiger partial charge in [0.1, 0.15) is 11.5 Å². The summed E-state index contributed by atoms with van der Waals surface area (Å²) in [5.74, 6) is 1.54. The second kappa shape index (κ2) is 8.63. The van der Waals surface area contributed by atoms with Gasteiger partial charge in [-0.05, 0) is 45.4 Å². The predicted octanol–water partition coefficient (Wildman–Crippen LogP) is 2.66. The van der Waals surface area contributed by atoms with Gasteiger partial charge >= 0.3 is 0 Å². The Bertz CT molecular complexity index is 491. The summed E-state index contributed by atoms with van der Waals surface area (Å²) in [6.07, 6.45) is 0.914. The van der Waals surface area contributed by atoms with Crippen LogP contribution in [0.5, 0.6) is 11.5 Å². The molecule has 2 N–H and O–H groups in total. The predicted molar refractivity (Wildman–Crippen MR) is 88.5 cm³/mol. The van der Waals surface area contributed by atoms with Crippen LogP contribution in [-0.4, -0.2) is 32.2 Å². The van der Waals surface area contributed by atoms with E-state index in [0.29, 0.717) is 0 Å². The van der Waals surface area contributed by atoms with Crippen molar-refractivity contribution < 1.29 is 14.3 Å². The van der Waals surface area contributed by atoms with Gasteiger partial charge in [-0.15, -0.1) is 0 Å². The van der Waals surface area contributed by atoms with Gasteiger partial charge in [0.05, 0.1) is 20.3 Å². The Balaban J connectivity index is 2.79. The van der Waals surface area contributed by atoms with Gasteiger partial charge in [-0.2, -0.15) is 0 Å². The average Bonchev–Trinajstić information content (AvgIpc) is 2.53. The van der Waals surface area contributed by atoms with E-state index in [9.17, 15) is 4.79 Å². The third kappa shape index (κ3) is 4.91. The Morgan fingerprint density at radius 1 is 1.18 bits per heavy atom. The normalized spacial score (nSPS) is 14.8. The molecule has 1 aromatic rings. The Labute approximate surface area is 133 Å². The Hall–Kier alpha value is -1.75. The second-order valence-corrected chi connectivity index (χ2v) is 5.54. The summed E-state index contributed by atoms with van der Waals surface area (Å²) in [6, 6.07) is 5.50. The number of amides is 1. The maximum atomic E-state index is 12.1. The number of hydrogen-bond donors (Lipinski definition) is 2. The zero-order valence-corrected chi connectivity index (χ0v) is 14.4. The van der Waals surface area contributed by atoms with Crippen molar-refractivity contribution in [1.82, 2.24) is 10.6 Å². The molecule has 0 bridgehead atoms. The maximum absolute atomic E-state index is 12.1. The van der Waals surface area contributed by atoms with Crippen LogP contribution in [0.3, 0.4) is 0 Å². The fourth-order valence-corrected chi connectivity index (χ4v) is 2.19. The molecule has 0 saturated carbocycles. The van der Waals surface area contributed by atoms with Crippen LogP contribution in [0.4, 0.5) is 0 Å². The van der Waals surface area contributed by atoms with Crippen LogP contribution in [0.2, 0.25) is 0 Å². The average molecular weight is 308 g/mol. The van der Waals surface area contributed by atoms with E-state index in [1.165, 1.54) is 0 Å². The summed E-state index contributed by atoms with van der Waals surface area (Å²) in [6.45, 7) is 7.91. The third-order valence-electron chi connectivity index (χ3n) is 3.80. The smallest absolute Gasteiger partial charge is 0.237 e. The largest absolute Gasteiger partial charge is 0.497 e. The summed E-state index contributed by atoms with van der Waals surface area (Å²) in [7, 11) is 3.27. The maximum Gasteiger partial charge on any atom is 0.237 e. The molecule has 0 spiro atoms. The number of carbonyl (C=O) groups is 1. The van der Waals surface area contributed by atoms with Crippen molar-refractivity contribution in [2.75, 3.05) is 14.2 Å². The van der Waals surface area contributed by atoms with Crippen molar-refractivity contribution in [1.29, 1.82) is 0 Å². The lowest BCUT2D eigenvalue weighted by Gasteiger charge is -2.23. The fraction of sp³-hybridized carbons (Fsp3) is 0.588. The SMILES string of the molecule is CCC(C)NC(=O)C(C)NC(C)c1cc(OC)ccc1OC. The highest BCUT2D eigenvalue weighted by Gasteiger charge is 2.19. The first-order valence-electron chi connectivity index (χ1n) is 7.71. The molecule has 0 saturated heterocycles. The highest BCUT2D eigenvalue weighted by Crippen LogP contribution is 2.29. The lowest BCUT2D eigenvalue weighted by atomic mass is 10.1. The first kappa shape index (κ1) is 18.3. The Morgan fingerprint density at radius 3 is 2.41 bits per heavy atom. The van der Waals surface area contributed by atoms with Crippen LogP contribution in [0.1, 0.15) is 45.7 Å². The fourth-order valence-electron chi connectivity index (χ4n) is 2.19. The molecule has 0 aliphatic heterocycles. The highest BCUT2D eigenvalue weighted by atomic mass is 16.5. The number of benzene rings is 1. The van der Waals surface area contributed by atoms with Gasteiger partial charge in [-0.25, -0.2) is 0 Å². The van der Waals surface area contributed by atoms with Crippen LogP contribution < -0.4 is 20.1 Å². The zero-order chi connectivity index (χ0) is 16.7. The van der Waals surface area contributed by atoms with Crippen LogP contribution in [0, 0.1) is 0 Å². The lowest BCUT2D eigenvalue weighted by Crippen LogP contribution is -2.46. The van der Waals surface area contributed by atoms with E-state index in [4.69, 9.17) is 9.47 Å². The summed E-state index contributed by atoms with van der Waals surface area (Å²) in [5, 5.41) is 6.28. The van der Waals surface area contributed by atoms with Crippen molar-refractivity contribution in [3.8, 4) is 11.5 Å². The van der Waals surface area contributed by atoms with Crippen molar-refractivity contribution in [2.24, 2.45) is 0 Å². The standard InChI is InChI=1S/C17H28N2O3/c1-7-11(2)18-17(20)13(4)19-12(3)15-10-14(21-5)8-9-16(15)22-6/h8-13,19H,7H2,1-6H3,(H,18,20). The quantitative estimate of drug-likeness (QED) is 0.775. The van der Waals surface area contributed by atoms with Crippen molar-refractivity contribution >= 4 is 5.91 Å². The molecule has 22 heavy (non-hydrogen) atoms. The second-order valence-electron chi connectivity index (χ2n) is 5.54. The van der Waals surface area contributed by atoms with Gasteiger partial charge in [-0.1, -0.05) is 6.92 Å². The molecule has 3 unspecified atom stereocenters. The molecule has 0 aliphatic carbocycles. The molecule has 1 amide bonds. The minimum Gasteiger partial charge on any atom is -0.497 e. The number of rotatable bonds is 8. The van der Waals surface area contributed by atoms with E-state index < -0.39 is 0 Å². The monoisotopic (exact) mass is 308 g/mol. The Morgan fingerprint density at radius 2 is 1.86 bits per heavy atom. The highest BCUT2D eigenvalue weighted by molar-refractivity contribution is 5.81. The van der Waals surface area contributed by atoms with E-state index in [1.807, 2.05) is 45.9 Å². The lowest BCUT2D eigenvalue weighted by molar-refractivity contribution is -0.123. The molecular formula is C17H28N2O3. The van der Waals surface area contributed by atoms with Crippen LogP contribution >= 0.6 is 0 Å². The molecule has 0 radical (unpaired) electrons. The first-order valence-corrected chi connectivity index (χ1v) is 7.71.